The van der Waals surface area contributed by atoms with Gasteiger partial charge in [-0.25, -0.2) is 0 Å². The topological polar surface area (TPSA) is 21.7 Å². The van der Waals surface area contributed by atoms with Gasteiger partial charge < -0.3 is 9.47 Å². The zero-order valence-corrected chi connectivity index (χ0v) is 8.58. The lowest BCUT2D eigenvalue weighted by molar-refractivity contribution is -0.235. The molecule has 0 spiro atoms. The summed E-state index contributed by atoms with van der Waals surface area (Å²) in [4.78, 5) is 2.57. The highest BCUT2D eigenvalue weighted by molar-refractivity contribution is 4.90. The molecular weight excluding hydrogens is 166 g/mol. The number of ether oxygens (including phenoxy) is 2. The van der Waals surface area contributed by atoms with Crippen LogP contribution in [0.5, 0.6) is 0 Å². The van der Waals surface area contributed by atoms with E-state index in [1.54, 1.807) is 14.2 Å². The number of piperidine rings is 1. The molecule has 0 bridgehead atoms. The van der Waals surface area contributed by atoms with Crippen molar-refractivity contribution in [2.45, 2.75) is 37.5 Å². The van der Waals surface area contributed by atoms with Crippen molar-refractivity contribution in [3.8, 4) is 0 Å². The lowest BCUT2D eigenvalue weighted by Gasteiger charge is -2.42. The highest BCUT2D eigenvalue weighted by atomic mass is 16.7. The molecule has 0 aliphatic carbocycles. The first-order chi connectivity index (χ1) is 6.29. The number of nitrogens with zero attached hydrogens (tertiary/aromatic N) is 1. The second-order valence-corrected chi connectivity index (χ2v) is 4.11. The monoisotopic (exact) mass is 185 g/mol. The Balaban J connectivity index is 2.02. The van der Waals surface area contributed by atoms with Gasteiger partial charge in [0, 0.05) is 39.6 Å². The SMILES string of the molecule is COC1(OC)CCN2CCCC2C1. The Morgan fingerprint density at radius 3 is 2.69 bits per heavy atom. The van der Waals surface area contributed by atoms with Gasteiger partial charge in [-0.2, -0.15) is 0 Å². The van der Waals surface area contributed by atoms with Crippen LogP contribution >= 0.6 is 0 Å². The number of fused-ring (bicyclic) bond motifs is 1. The van der Waals surface area contributed by atoms with Gasteiger partial charge in [-0.15, -0.1) is 0 Å². The lowest BCUT2D eigenvalue weighted by Crippen LogP contribution is -2.49. The van der Waals surface area contributed by atoms with Crippen molar-refractivity contribution in [3.05, 3.63) is 0 Å². The summed E-state index contributed by atoms with van der Waals surface area (Å²) in [5, 5.41) is 0. The van der Waals surface area contributed by atoms with Gasteiger partial charge in [-0.05, 0) is 19.4 Å². The predicted octanol–water partition coefficient (Wildman–Crippen LogP) is 1.23. The largest absolute Gasteiger partial charge is 0.353 e. The van der Waals surface area contributed by atoms with Gasteiger partial charge in [0.25, 0.3) is 0 Å². The van der Waals surface area contributed by atoms with Crippen LogP contribution in [0, 0.1) is 0 Å². The Kier molecular flexibility index (Phi) is 2.58. The maximum atomic E-state index is 5.49. The molecule has 2 aliphatic rings. The standard InChI is InChI=1S/C10H19NO2/c1-12-10(13-2)5-7-11-6-3-4-9(11)8-10/h9H,3-8H2,1-2H3. The summed E-state index contributed by atoms with van der Waals surface area (Å²) >= 11 is 0. The van der Waals surface area contributed by atoms with Gasteiger partial charge in [0.2, 0.25) is 0 Å². The zero-order valence-electron chi connectivity index (χ0n) is 8.58. The first-order valence-corrected chi connectivity index (χ1v) is 5.14. The average Bonchev–Trinajstić information content (AvgIpc) is 2.64. The fourth-order valence-corrected chi connectivity index (χ4v) is 2.65. The van der Waals surface area contributed by atoms with Gasteiger partial charge in [0.05, 0.1) is 0 Å². The van der Waals surface area contributed by atoms with Crippen molar-refractivity contribution in [1.29, 1.82) is 0 Å². The summed E-state index contributed by atoms with van der Waals surface area (Å²) in [6.07, 6.45) is 4.71. The summed E-state index contributed by atoms with van der Waals surface area (Å²) in [5.74, 6) is -0.286. The molecule has 0 aromatic rings. The Morgan fingerprint density at radius 2 is 2.00 bits per heavy atom. The van der Waals surface area contributed by atoms with Crippen molar-refractivity contribution >= 4 is 0 Å². The van der Waals surface area contributed by atoms with E-state index in [-0.39, 0.29) is 5.79 Å². The van der Waals surface area contributed by atoms with E-state index in [0.29, 0.717) is 6.04 Å². The van der Waals surface area contributed by atoms with Gasteiger partial charge in [-0.3, -0.25) is 4.90 Å². The summed E-state index contributed by atoms with van der Waals surface area (Å²) in [6.45, 7) is 2.40. The molecule has 1 unspecified atom stereocenters. The highest BCUT2D eigenvalue weighted by Gasteiger charge is 2.41. The smallest absolute Gasteiger partial charge is 0.170 e. The molecule has 2 rings (SSSR count). The van der Waals surface area contributed by atoms with E-state index in [0.717, 1.165) is 19.4 Å². The Hall–Kier alpha value is -0.120. The van der Waals surface area contributed by atoms with Crippen molar-refractivity contribution in [2.24, 2.45) is 0 Å². The summed E-state index contributed by atoms with van der Waals surface area (Å²) in [7, 11) is 3.52. The van der Waals surface area contributed by atoms with Gasteiger partial charge in [0.15, 0.2) is 5.79 Å². The quantitative estimate of drug-likeness (QED) is 0.604. The maximum absolute atomic E-state index is 5.49. The summed E-state index contributed by atoms with van der Waals surface area (Å²) < 4.78 is 11.0. The normalized spacial score (nSPS) is 33.2. The molecule has 76 valence electrons. The van der Waals surface area contributed by atoms with Crippen molar-refractivity contribution < 1.29 is 9.47 Å². The fourth-order valence-electron chi connectivity index (χ4n) is 2.65. The van der Waals surface area contributed by atoms with Crippen molar-refractivity contribution in [2.75, 3.05) is 27.3 Å². The van der Waals surface area contributed by atoms with Crippen LogP contribution in [0.25, 0.3) is 0 Å². The maximum Gasteiger partial charge on any atom is 0.170 e. The fraction of sp³-hybridized carbons (Fsp3) is 1.00. The average molecular weight is 185 g/mol. The minimum Gasteiger partial charge on any atom is -0.353 e. The third kappa shape index (κ3) is 1.60. The molecule has 3 heteroatoms. The van der Waals surface area contributed by atoms with E-state index < -0.39 is 0 Å². The third-order valence-electron chi connectivity index (χ3n) is 3.57. The molecule has 13 heavy (non-hydrogen) atoms. The molecule has 2 saturated heterocycles. The molecule has 2 heterocycles. The molecule has 0 amide bonds. The van der Waals surface area contributed by atoms with E-state index >= 15 is 0 Å². The molecule has 1 atom stereocenters. The first kappa shape index (κ1) is 9.44. The van der Waals surface area contributed by atoms with Crippen LogP contribution in [0.15, 0.2) is 0 Å². The van der Waals surface area contributed by atoms with Crippen LogP contribution in [0.1, 0.15) is 25.7 Å². The number of methoxy groups -OCH3 is 2. The Bertz CT molecular complexity index is 180. The van der Waals surface area contributed by atoms with Crippen molar-refractivity contribution in [3.63, 3.8) is 0 Å². The van der Waals surface area contributed by atoms with Crippen LogP contribution in [0.4, 0.5) is 0 Å². The Labute approximate surface area is 80.0 Å². The van der Waals surface area contributed by atoms with Crippen LogP contribution in [-0.4, -0.2) is 44.0 Å². The van der Waals surface area contributed by atoms with E-state index in [2.05, 4.69) is 4.90 Å². The van der Waals surface area contributed by atoms with Gasteiger partial charge >= 0.3 is 0 Å². The zero-order chi connectivity index (χ0) is 9.31. The molecule has 2 fully saturated rings. The predicted molar refractivity (Wildman–Crippen MR) is 50.6 cm³/mol. The molecule has 2 aliphatic heterocycles. The second kappa shape index (κ2) is 3.56. The van der Waals surface area contributed by atoms with E-state index in [1.807, 2.05) is 0 Å². The number of hydrogen-bond donors (Lipinski definition) is 0. The van der Waals surface area contributed by atoms with Gasteiger partial charge in [0.1, 0.15) is 0 Å². The van der Waals surface area contributed by atoms with E-state index in [9.17, 15) is 0 Å². The van der Waals surface area contributed by atoms with Gasteiger partial charge in [-0.1, -0.05) is 0 Å². The first-order valence-electron chi connectivity index (χ1n) is 5.14. The number of rotatable bonds is 2. The second-order valence-electron chi connectivity index (χ2n) is 4.11. The summed E-state index contributed by atoms with van der Waals surface area (Å²) in [5.41, 5.74) is 0. The molecule has 0 saturated carbocycles. The minimum absolute atomic E-state index is 0.286. The molecule has 0 aromatic heterocycles. The van der Waals surface area contributed by atoms with Crippen LogP contribution in [0.2, 0.25) is 0 Å². The molecule has 0 N–H and O–H groups in total. The summed E-state index contributed by atoms with van der Waals surface area (Å²) in [6, 6.07) is 0.702. The highest BCUT2D eigenvalue weighted by Crippen LogP contribution is 2.35. The Morgan fingerprint density at radius 1 is 1.23 bits per heavy atom. The minimum atomic E-state index is -0.286. The third-order valence-corrected chi connectivity index (χ3v) is 3.57. The molecule has 3 nitrogen and oxygen atoms in total. The molecular formula is C10H19NO2. The van der Waals surface area contributed by atoms with Crippen molar-refractivity contribution in [1.82, 2.24) is 4.90 Å². The number of hydrogen-bond acceptors (Lipinski definition) is 3. The molecule has 0 aromatic carbocycles. The van der Waals surface area contributed by atoms with Crippen LogP contribution in [-0.2, 0) is 9.47 Å². The lowest BCUT2D eigenvalue weighted by atomic mass is 9.96. The van der Waals surface area contributed by atoms with Crippen LogP contribution < -0.4 is 0 Å². The van der Waals surface area contributed by atoms with E-state index in [1.165, 1.54) is 19.4 Å². The van der Waals surface area contributed by atoms with Crippen LogP contribution in [0.3, 0.4) is 0 Å². The van der Waals surface area contributed by atoms with E-state index in [4.69, 9.17) is 9.47 Å². The molecule has 0 radical (unpaired) electrons.